The Labute approximate surface area is 118 Å². The Morgan fingerprint density at radius 1 is 1.30 bits per heavy atom. The molecule has 1 amide bonds. The van der Waals surface area contributed by atoms with Crippen LogP contribution in [0.5, 0.6) is 0 Å². The van der Waals surface area contributed by atoms with Gasteiger partial charge in [0.15, 0.2) is 5.82 Å². The predicted molar refractivity (Wildman–Crippen MR) is 79.3 cm³/mol. The van der Waals surface area contributed by atoms with Crippen LogP contribution in [0.3, 0.4) is 0 Å². The third-order valence-electron chi connectivity index (χ3n) is 3.11. The van der Waals surface area contributed by atoms with Crippen LogP contribution in [-0.4, -0.2) is 16.1 Å². The number of hydrogen-bond donors (Lipinski definition) is 3. The first-order chi connectivity index (χ1) is 9.58. The Morgan fingerprint density at radius 3 is 2.50 bits per heavy atom. The summed E-state index contributed by atoms with van der Waals surface area (Å²) < 4.78 is 0. The van der Waals surface area contributed by atoms with E-state index in [0.717, 1.165) is 16.8 Å². The highest BCUT2D eigenvalue weighted by Gasteiger charge is 2.08. The minimum atomic E-state index is -0.0766. The van der Waals surface area contributed by atoms with E-state index in [1.54, 1.807) is 0 Å². The van der Waals surface area contributed by atoms with E-state index in [0.29, 0.717) is 24.7 Å². The van der Waals surface area contributed by atoms with Gasteiger partial charge in [-0.25, -0.2) is 0 Å². The first kappa shape index (κ1) is 14.3. The molecule has 0 saturated carbocycles. The summed E-state index contributed by atoms with van der Waals surface area (Å²) in [4.78, 5) is 11.9. The van der Waals surface area contributed by atoms with Gasteiger partial charge in [-0.1, -0.05) is 38.1 Å². The molecule has 0 spiro atoms. The SMILES string of the molecule is CC(C)c1cc(NC(=O)Cc2ccc(CN)cc2)n[nH]1. The molecule has 1 aromatic carbocycles. The molecule has 5 nitrogen and oxygen atoms in total. The number of hydrogen-bond acceptors (Lipinski definition) is 3. The molecule has 0 unspecified atom stereocenters. The fourth-order valence-corrected chi connectivity index (χ4v) is 1.86. The number of benzene rings is 1. The second-order valence-corrected chi connectivity index (χ2v) is 5.11. The maximum atomic E-state index is 11.9. The van der Waals surface area contributed by atoms with Crippen molar-refractivity contribution in [2.75, 3.05) is 5.32 Å². The van der Waals surface area contributed by atoms with Crippen LogP contribution in [0.2, 0.25) is 0 Å². The van der Waals surface area contributed by atoms with Crippen molar-refractivity contribution in [1.82, 2.24) is 10.2 Å². The predicted octanol–water partition coefficient (Wildman–Crippen LogP) is 2.17. The van der Waals surface area contributed by atoms with Gasteiger partial charge in [-0.05, 0) is 17.0 Å². The Bertz CT molecular complexity index is 572. The lowest BCUT2D eigenvalue weighted by Crippen LogP contribution is -2.14. The van der Waals surface area contributed by atoms with Crippen molar-refractivity contribution in [2.45, 2.75) is 32.7 Å². The number of carbonyl (C=O) groups excluding carboxylic acids is 1. The topological polar surface area (TPSA) is 83.8 Å². The molecule has 0 bridgehead atoms. The van der Waals surface area contributed by atoms with Crippen LogP contribution in [0.1, 0.15) is 36.6 Å². The van der Waals surface area contributed by atoms with Gasteiger partial charge >= 0.3 is 0 Å². The quantitative estimate of drug-likeness (QED) is 0.780. The molecule has 106 valence electrons. The zero-order valence-corrected chi connectivity index (χ0v) is 11.8. The summed E-state index contributed by atoms with van der Waals surface area (Å²) in [5.41, 5.74) is 8.56. The highest BCUT2D eigenvalue weighted by molar-refractivity contribution is 5.91. The Morgan fingerprint density at radius 2 is 1.95 bits per heavy atom. The summed E-state index contributed by atoms with van der Waals surface area (Å²) in [5.74, 6) is 0.849. The number of nitrogens with zero attached hydrogens (tertiary/aromatic N) is 1. The summed E-state index contributed by atoms with van der Waals surface area (Å²) in [7, 11) is 0. The molecule has 0 fully saturated rings. The summed E-state index contributed by atoms with van der Waals surface area (Å²) >= 11 is 0. The van der Waals surface area contributed by atoms with Crippen molar-refractivity contribution in [2.24, 2.45) is 5.73 Å². The number of aromatic nitrogens is 2. The fraction of sp³-hybridized carbons (Fsp3) is 0.333. The Kier molecular flexibility index (Phi) is 4.53. The standard InChI is InChI=1S/C15H20N4O/c1-10(2)13-8-14(19-18-13)17-15(20)7-11-3-5-12(9-16)6-4-11/h3-6,8,10H,7,9,16H2,1-2H3,(H2,17,18,19,20). The lowest BCUT2D eigenvalue weighted by Gasteiger charge is -2.03. The number of amides is 1. The summed E-state index contributed by atoms with van der Waals surface area (Å²) in [6.07, 6.45) is 0.328. The van der Waals surface area contributed by atoms with Gasteiger partial charge in [0.05, 0.1) is 6.42 Å². The van der Waals surface area contributed by atoms with Gasteiger partial charge in [-0.15, -0.1) is 0 Å². The van der Waals surface area contributed by atoms with E-state index >= 15 is 0 Å². The van der Waals surface area contributed by atoms with Crippen molar-refractivity contribution in [3.8, 4) is 0 Å². The summed E-state index contributed by atoms with van der Waals surface area (Å²) in [5, 5.41) is 9.77. The highest BCUT2D eigenvalue weighted by Crippen LogP contribution is 2.15. The number of aromatic amines is 1. The van der Waals surface area contributed by atoms with Gasteiger partial charge in [0.1, 0.15) is 0 Å². The third kappa shape index (κ3) is 3.68. The zero-order valence-electron chi connectivity index (χ0n) is 11.8. The number of carbonyl (C=O) groups is 1. The van der Waals surface area contributed by atoms with Crippen molar-refractivity contribution in [1.29, 1.82) is 0 Å². The number of nitrogens with two attached hydrogens (primary N) is 1. The average molecular weight is 272 g/mol. The van der Waals surface area contributed by atoms with Crippen LogP contribution in [0.25, 0.3) is 0 Å². The van der Waals surface area contributed by atoms with Gasteiger partial charge in [0.25, 0.3) is 0 Å². The molecule has 2 aromatic rings. The molecule has 0 atom stereocenters. The molecule has 0 saturated heterocycles. The average Bonchev–Trinajstić information content (AvgIpc) is 2.88. The lowest BCUT2D eigenvalue weighted by molar-refractivity contribution is -0.115. The molecule has 2 rings (SSSR count). The maximum absolute atomic E-state index is 11.9. The van der Waals surface area contributed by atoms with E-state index < -0.39 is 0 Å². The smallest absolute Gasteiger partial charge is 0.229 e. The van der Waals surface area contributed by atoms with Gasteiger partial charge in [-0.3, -0.25) is 9.89 Å². The fourth-order valence-electron chi connectivity index (χ4n) is 1.86. The van der Waals surface area contributed by atoms with Crippen LogP contribution >= 0.6 is 0 Å². The second-order valence-electron chi connectivity index (χ2n) is 5.11. The van der Waals surface area contributed by atoms with Crippen molar-refractivity contribution in [3.05, 3.63) is 47.2 Å². The number of anilines is 1. The minimum Gasteiger partial charge on any atom is -0.326 e. The first-order valence-electron chi connectivity index (χ1n) is 6.71. The minimum absolute atomic E-state index is 0.0766. The monoisotopic (exact) mass is 272 g/mol. The molecule has 5 heteroatoms. The largest absolute Gasteiger partial charge is 0.326 e. The van der Waals surface area contributed by atoms with Crippen LogP contribution in [0.4, 0.5) is 5.82 Å². The van der Waals surface area contributed by atoms with Crippen LogP contribution < -0.4 is 11.1 Å². The maximum Gasteiger partial charge on any atom is 0.229 e. The summed E-state index contributed by atoms with van der Waals surface area (Å²) in [6.45, 7) is 4.65. The molecule has 4 N–H and O–H groups in total. The Balaban J connectivity index is 1.93. The van der Waals surface area contributed by atoms with E-state index in [1.807, 2.05) is 30.3 Å². The van der Waals surface area contributed by atoms with E-state index in [4.69, 9.17) is 5.73 Å². The zero-order chi connectivity index (χ0) is 14.5. The molecule has 0 aliphatic rings. The van der Waals surface area contributed by atoms with Crippen LogP contribution in [0, 0.1) is 0 Å². The van der Waals surface area contributed by atoms with Gasteiger partial charge < -0.3 is 11.1 Å². The molecule has 1 heterocycles. The Hall–Kier alpha value is -2.14. The van der Waals surface area contributed by atoms with Gasteiger partial charge in [0, 0.05) is 18.3 Å². The normalized spacial score (nSPS) is 10.8. The summed E-state index contributed by atoms with van der Waals surface area (Å²) in [6, 6.07) is 9.58. The third-order valence-corrected chi connectivity index (χ3v) is 3.11. The van der Waals surface area contributed by atoms with Gasteiger partial charge in [-0.2, -0.15) is 5.10 Å². The number of nitrogens with one attached hydrogen (secondary N) is 2. The van der Waals surface area contributed by atoms with Crippen LogP contribution in [-0.2, 0) is 17.8 Å². The highest BCUT2D eigenvalue weighted by atomic mass is 16.1. The van der Waals surface area contributed by atoms with E-state index in [-0.39, 0.29) is 5.91 Å². The molecule has 0 aliphatic heterocycles. The molecule has 0 radical (unpaired) electrons. The van der Waals surface area contributed by atoms with E-state index in [9.17, 15) is 4.79 Å². The lowest BCUT2D eigenvalue weighted by atomic mass is 10.1. The molecular formula is C15H20N4O. The van der Waals surface area contributed by atoms with Crippen LogP contribution in [0.15, 0.2) is 30.3 Å². The molecular weight excluding hydrogens is 252 g/mol. The van der Waals surface area contributed by atoms with Crippen molar-refractivity contribution >= 4 is 11.7 Å². The second kappa shape index (κ2) is 6.34. The molecule has 0 aliphatic carbocycles. The van der Waals surface area contributed by atoms with Crippen molar-refractivity contribution < 1.29 is 4.79 Å². The van der Waals surface area contributed by atoms with Crippen molar-refractivity contribution in [3.63, 3.8) is 0 Å². The number of rotatable bonds is 5. The van der Waals surface area contributed by atoms with E-state index in [1.165, 1.54) is 0 Å². The molecule has 1 aromatic heterocycles. The first-order valence-corrected chi connectivity index (χ1v) is 6.71. The van der Waals surface area contributed by atoms with Gasteiger partial charge in [0.2, 0.25) is 5.91 Å². The number of H-pyrrole nitrogens is 1. The van der Waals surface area contributed by atoms with E-state index in [2.05, 4.69) is 29.4 Å². The molecule has 20 heavy (non-hydrogen) atoms.